The monoisotopic (exact) mass is 533 g/mol. The van der Waals surface area contributed by atoms with Crippen LogP contribution in [0.4, 0.5) is 5.82 Å². The van der Waals surface area contributed by atoms with Gasteiger partial charge in [0.2, 0.25) is 0 Å². The summed E-state index contributed by atoms with van der Waals surface area (Å²) in [6.07, 6.45) is 1.79. The van der Waals surface area contributed by atoms with Crippen LogP contribution >= 0.6 is 34.2 Å². The molecule has 1 N–H and O–H groups in total. The van der Waals surface area contributed by atoms with E-state index in [-0.39, 0.29) is 18.3 Å². The van der Waals surface area contributed by atoms with E-state index in [9.17, 15) is 4.79 Å². The number of carbonyl (C=O) groups is 1. The summed E-state index contributed by atoms with van der Waals surface area (Å²) in [5, 5.41) is 7.78. The van der Waals surface area contributed by atoms with Gasteiger partial charge in [-0.15, -0.1) is 0 Å². The quantitative estimate of drug-likeness (QED) is 0.313. The number of halogens is 2. The van der Waals surface area contributed by atoms with Crippen LogP contribution in [0.3, 0.4) is 0 Å². The number of hydrogen-bond donors (Lipinski definition) is 1. The summed E-state index contributed by atoms with van der Waals surface area (Å²) in [5.74, 6) is 1.56. The number of aromatic nitrogens is 2. The molecule has 8 heteroatoms. The third-order valence-corrected chi connectivity index (χ3v) is 5.15. The second-order valence-corrected chi connectivity index (χ2v) is 8.17. The maximum atomic E-state index is 12.4. The molecule has 0 aliphatic rings. The fraction of sp³-hybridized carbons (Fsp3) is 0.0909. The first-order valence-corrected chi connectivity index (χ1v) is 10.6. The molecule has 0 unspecified atom stereocenters. The average molecular weight is 534 g/mol. The molecule has 152 valence electrons. The number of anilines is 1. The number of rotatable bonds is 7. The van der Waals surface area contributed by atoms with E-state index in [0.717, 1.165) is 14.9 Å². The third-order valence-electron chi connectivity index (χ3n) is 4.20. The maximum absolute atomic E-state index is 12.4. The Kier molecular flexibility index (Phi) is 6.39. The third kappa shape index (κ3) is 5.43. The van der Waals surface area contributed by atoms with Crippen LogP contribution in [0.2, 0.25) is 5.02 Å². The van der Waals surface area contributed by atoms with Crippen molar-refractivity contribution in [1.82, 2.24) is 9.78 Å². The molecule has 0 aliphatic heterocycles. The predicted molar refractivity (Wildman–Crippen MR) is 123 cm³/mol. The molecule has 2 aromatic heterocycles. The zero-order valence-corrected chi connectivity index (χ0v) is 18.6. The fourth-order valence-corrected chi connectivity index (χ4v) is 3.35. The Morgan fingerprint density at radius 2 is 1.97 bits per heavy atom. The molecule has 6 nitrogen and oxygen atoms in total. The van der Waals surface area contributed by atoms with Gasteiger partial charge >= 0.3 is 0 Å². The minimum atomic E-state index is -0.372. The van der Waals surface area contributed by atoms with Crippen LogP contribution in [-0.4, -0.2) is 15.7 Å². The first-order chi connectivity index (χ1) is 14.5. The lowest BCUT2D eigenvalue weighted by atomic mass is 10.2. The minimum Gasteiger partial charge on any atom is -0.486 e. The number of amides is 1. The molecular weight excluding hydrogens is 517 g/mol. The summed E-state index contributed by atoms with van der Waals surface area (Å²) < 4.78 is 14.1. The molecule has 0 aliphatic carbocycles. The van der Waals surface area contributed by atoms with Crippen LogP contribution in [0.1, 0.15) is 21.9 Å². The van der Waals surface area contributed by atoms with Crippen molar-refractivity contribution in [3.63, 3.8) is 0 Å². The Bertz CT molecular complexity index is 1150. The smallest absolute Gasteiger partial charge is 0.292 e. The lowest BCUT2D eigenvalue weighted by Gasteiger charge is -2.04. The summed E-state index contributed by atoms with van der Waals surface area (Å²) in [7, 11) is 0. The second-order valence-electron chi connectivity index (χ2n) is 6.49. The summed E-state index contributed by atoms with van der Waals surface area (Å²) in [4.78, 5) is 12.4. The summed E-state index contributed by atoms with van der Waals surface area (Å²) in [6.45, 7) is 0.791. The van der Waals surface area contributed by atoms with Gasteiger partial charge in [0.25, 0.3) is 5.91 Å². The molecule has 2 heterocycles. The van der Waals surface area contributed by atoms with E-state index < -0.39 is 0 Å². The van der Waals surface area contributed by atoms with Crippen molar-refractivity contribution in [1.29, 1.82) is 0 Å². The van der Waals surface area contributed by atoms with Crippen molar-refractivity contribution in [3.8, 4) is 5.75 Å². The molecule has 30 heavy (non-hydrogen) atoms. The number of ether oxygens (including phenoxy) is 1. The second kappa shape index (κ2) is 9.36. The zero-order valence-electron chi connectivity index (χ0n) is 15.7. The molecule has 0 atom stereocenters. The molecule has 4 aromatic rings. The van der Waals surface area contributed by atoms with E-state index in [0.29, 0.717) is 23.1 Å². The summed E-state index contributed by atoms with van der Waals surface area (Å²) in [5.41, 5.74) is 1.02. The zero-order chi connectivity index (χ0) is 20.9. The van der Waals surface area contributed by atoms with Gasteiger partial charge in [-0.1, -0.05) is 23.7 Å². The highest BCUT2D eigenvalue weighted by Gasteiger charge is 2.13. The topological polar surface area (TPSA) is 69.3 Å². The van der Waals surface area contributed by atoms with E-state index in [1.807, 2.05) is 48.5 Å². The molecule has 0 bridgehead atoms. The highest BCUT2D eigenvalue weighted by Crippen LogP contribution is 2.17. The van der Waals surface area contributed by atoms with Crippen molar-refractivity contribution in [2.24, 2.45) is 0 Å². The fourth-order valence-electron chi connectivity index (χ4n) is 2.78. The van der Waals surface area contributed by atoms with Gasteiger partial charge in [-0.3, -0.25) is 9.48 Å². The first kappa shape index (κ1) is 20.5. The first-order valence-electron chi connectivity index (χ1n) is 9.11. The maximum Gasteiger partial charge on any atom is 0.292 e. The number of nitrogens with zero attached hydrogens (tertiary/aromatic N) is 2. The van der Waals surface area contributed by atoms with Gasteiger partial charge in [-0.2, -0.15) is 5.10 Å². The molecular formula is C22H17ClIN3O3. The van der Waals surface area contributed by atoms with E-state index in [4.69, 9.17) is 20.8 Å². The molecule has 4 rings (SSSR count). The van der Waals surface area contributed by atoms with Gasteiger partial charge in [-0.05, 0) is 76.7 Å². The van der Waals surface area contributed by atoms with Gasteiger partial charge in [-0.25, -0.2) is 0 Å². The Balaban J connectivity index is 1.33. The van der Waals surface area contributed by atoms with Gasteiger partial charge in [0, 0.05) is 20.9 Å². The molecule has 0 fully saturated rings. The van der Waals surface area contributed by atoms with Gasteiger partial charge in [0.1, 0.15) is 18.1 Å². The number of carbonyl (C=O) groups excluding carboxylic acids is 1. The number of benzene rings is 2. The molecule has 0 spiro atoms. The van der Waals surface area contributed by atoms with Crippen LogP contribution in [-0.2, 0) is 13.2 Å². The highest BCUT2D eigenvalue weighted by molar-refractivity contribution is 14.1. The van der Waals surface area contributed by atoms with Gasteiger partial charge < -0.3 is 14.5 Å². The Morgan fingerprint density at radius 1 is 1.13 bits per heavy atom. The van der Waals surface area contributed by atoms with Crippen LogP contribution in [0.5, 0.6) is 5.75 Å². The minimum absolute atomic E-state index is 0.195. The molecule has 2 aromatic carbocycles. The molecule has 0 saturated heterocycles. The summed E-state index contributed by atoms with van der Waals surface area (Å²) in [6, 6.07) is 20.3. The number of nitrogens with one attached hydrogen (secondary N) is 1. The predicted octanol–water partition coefficient (Wildman–Crippen LogP) is 5.61. The Labute approximate surface area is 191 Å². The normalized spacial score (nSPS) is 10.7. The van der Waals surface area contributed by atoms with E-state index in [2.05, 4.69) is 33.0 Å². The lowest BCUT2D eigenvalue weighted by molar-refractivity contribution is 0.0992. The van der Waals surface area contributed by atoms with E-state index >= 15 is 0 Å². The van der Waals surface area contributed by atoms with E-state index in [1.54, 1.807) is 29.1 Å². The van der Waals surface area contributed by atoms with Crippen LogP contribution < -0.4 is 10.1 Å². The lowest BCUT2D eigenvalue weighted by Crippen LogP contribution is -2.12. The van der Waals surface area contributed by atoms with Gasteiger partial charge in [0.05, 0.1) is 6.54 Å². The highest BCUT2D eigenvalue weighted by atomic mass is 127. The number of furan rings is 1. The number of hydrogen-bond acceptors (Lipinski definition) is 4. The van der Waals surface area contributed by atoms with Crippen LogP contribution in [0.25, 0.3) is 0 Å². The van der Waals surface area contributed by atoms with Gasteiger partial charge in [0.15, 0.2) is 11.6 Å². The van der Waals surface area contributed by atoms with Crippen molar-refractivity contribution >= 4 is 45.9 Å². The molecule has 0 radical (unpaired) electrons. The SMILES string of the molecule is O=C(Nc1ccn(Cc2cccc(Cl)c2)n1)c1ccc(COc2ccc(I)cc2)o1. The average Bonchev–Trinajstić information content (AvgIpc) is 3.37. The van der Waals surface area contributed by atoms with Crippen molar-refractivity contribution in [2.45, 2.75) is 13.2 Å². The van der Waals surface area contributed by atoms with Crippen LogP contribution in [0, 0.1) is 3.57 Å². The molecule has 1 amide bonds. The van der Waals surface area contributed by atoms with Crippen molar-refractivity contribution in [3.05, 3.63) is 98.6 Å². The van der Waals surface area contributed by atoms with E-state index in [1.165, 1.54) is 0 Å². The Morgan fingerprint density at radius 3 is 2.77 bits per heavy atom. The summed E-state index contributed by atoms with van der Waals surface area (Å²) >= 11 is 8.25. The van der Waals surface area contributed by atoms with Crippen LogP contribution in [0.15, 0.2) is 77.3 Å². The molecule has 0 saturated carbocycles. The largest absolute Gasteiger partial charge is 0.486 e. The van der Waals surface area contributed by atoms with Crippen molar-refractivity contribution in [2.75, 3.05) is 5.32 Å². The standard InChI is InChI=1S/C22H17ClIN3O3/c23-16-3-1-2-15(12-16)13-27-11-10-21(26-27)25-22(28)20-9-8-19(30-20)14-29-18-6-4-17(24)5-7-18/h1-12H,13-14H2,(H,25,26,28). The Hall–Kier alpha value is -2.78. The van der Waals surface area contributed by atoms with Crippen molar-refractivity contribution < 1.29 is 13.9 Å².